The Bertz CT molecular complexity index is 220. The molecule has 1 saturated carbocycles. The first-order valence-electron chi connectivity index (χ1n) is 3.97. The highest BCUT2D eigenvalue weighted by molar-refractivity contribution is 5.08. The second-order valence-electron chi connectivity index (χ2n) is 3.02. The normalized spacial score (nSPS) is 31.0. The van der Waals surface area contributed by atoms with Gasteiger partial charge in [-0.25, -0.2) is 0 Å². The van der Waals surface area contributed by atoms with Gasteiger partial charge in [-0.1, -0.05) is 6.42 Å². The molecule has 1 aromatic heterocycles. The Kier molecular flexibility index (Phi) is 1.66. The van der Waals surface area contributed by atoms with Crippen LogP contribution < -0.4 is 0 Å². The minimum absolute atomic E-state index is 0.199. The van der Waals surface area contributed by atoms with E-state index in [1.54, 1.807) is 6.20 Å². The van der Waals surface area contributed by atoms with Crippen molar-refractivity contribution < 1.29 is 5.11 Å². The van der Waals surface area contributed by atoms with Crippen molar-refractivity contribution in [2.75, 3.05) is 0 Å². The molecule has 0 aromatic carbocycles. The van der Waals surface area contributed by atoms with E-state index >= 15 is 0 Å². The first kappa shape index (κ1) is 6.85. The van der Waals surface area contributed by atoms with Crippen molar-refractivity contribution >= 4 is 0 Å². The zero-order valence-corrected chi connectivity index (χ0v) is 6.25. The quantitative estimate of drug-likeness (QED) is 0.624. The largest absolute Gasteiger partial charge is 0.392 e. The van der Waals surface area contributed by atoms with Gasteiger partial charge in [-0.05, 0) is 12.8 Å². The number of aliphatic hydroxyl groups excluding tert-OH is 1. The van der Waals surface area contributed by atoms with Gasteiger partial charge in [0.1, 0.15) is 0 Å². The number of aromatic amines is 1. The SMILES string of the molecule is OC1CCCC1c1[c]c[nH]n1. The number of aliphatic hydroxyl groups is 1. The topological polar surface area (TPSA) is 48.9 Å². The zero-order valence-electron chi connectivity index (χ0n) is 6.25. The van der Waals surface area contributed by atoms with Gasteiger partial charge in [0.05, 0.1) is 11.8 Å². The standard InChI is InChI=1S/C8H11N2O/c11-8-3-1-2-6(8)7-4-5-9-10-7/h5-6,8,11H,1-3H2,(H,9,10). The van der Waals surface area contributed by atoms with Crippen LogP contribution in [0.4, 0.5) is 0 Å². The van der Waals surface area contributed by atoms with E-state index in [1.165, 1.54) is 0 Å². The molecule has 0 saturated heterocycles. The smallest absolute Gasteiger partial charge is 0.0758 e. The van der Waals surface area contributed by atoms with Gasteiger partial charge in [0.15, 0.2) is 0 Å². The summed E-state index contributed by atoms with van der Waals surface area (Å²) in [6, 6.07) is 2.98. The van der Waals surface area contributed by atoms with Crippen molar-refractivity contribution in [1.82, 2.24) is 10.2 Å². The number of hydrogen-bond donors (Lipinski definition) is 2. The number of hydrogen-bond acceptors (Lipinski definition) is 2. The number of H-pyrrole nitrogens is 1. The number of nitrogens with one attached hydrogen (secondary N) is 1. The molecule has 2 atom stereocenters. The van der Waals surface area contributed by atoms with E-state index in [9.17, 15) is 5.11 Å². The number of aromatic nitrogens is 2. The van der Waals surface area contributed by atoms with Gasteiger partial charge in [-0.3, -0.25) is 5.10 Å². The van der Waals surface area contributed by atoms with E-state index in [-0.39, 0.29) is 12.0 Å². The van der Waals surface area contributed by atoms with Crippen LogP contribution in [0.2, 0.25) is 0 Å². The lowest BCUT2D eigenvalue weighted by atomic mass is 10.0. The first-order chi connectivity index (χ1) is 5.38. The Hall–Kier alpha value is -0.830. The molecule has 2 rings (SSSR count). The van der Waals surface area contributed by atoms with E-state index in [4.69, 9.17) is 0 Å². The predicted molar refractivity (Wildman–Crippen MR) is 40.0 cm³/mol. The maximum Gasteiger partial charge on any atom is 0.0758 e. The van der Waals surface area contributed by atoms with Crippen molar-refractivity contribution in [1.29, 1.82) is 0 Å². The van der Waals surface area contributed by atoms with Crippen LogP contribution in [0.3, 0.4) is 0 Å². The minimum atomic E-state index is -0.199. The lowest BCUT2D eigenvalue weighted by Crippen LogP contribution is -2.11. The Balaban J connectivity index is 2.16. The predicted octanol–water partition coefficient (Wildman–Crippen LogP) is 0.838. The summed E-state index contributed by atoms with van der Waals surface area (Å²) >= 11 is 0. The number of nitrogens with zero attached hydrogens (tertiary/aromatic N) is 1. The van der Waals surface area contributed by atoms with Crippen LogP contribution in [0, 0.1) is 6.07 Å². The molecule has 2 unspecified atom stereocenters. The fourth-order valence-corrected chi connectivity index (χ4v) is 1.69. The average molecular weight is 151 g/mol. The maximum absolute atomic E-state index is 9.49. The molecule has 1 aliphatic carbocycles. The lowest BCUT2D eigenvalue weighted by molar-refractivity contribution is 0.162. The Labute approximate surface area is 65.4 Å². The van der Waals surface area contributed by atoms with Crippen LogP contribution in [-0.2, 0) is 0 Å². The maximum atomic E-state index is 9.49. The minimum Gasteiger partial charge on any atom is -0.392 e. The van der Waals surface area contributed by atoms with Crippen molar-refractivity contribution in [2.24, 2.45) is 0 Å². The van der Waals surface area contributed by atoms with Crippen LogP contribution in [0.1, 0.15) is 30.9 Å². The molecular weight excluding hydrogens is 140 g/mol. The number of rotatable bonds is 1. The lowest BCUT2D eigenvalue weighted by Gasteiger charge is -2.09. The van der Waals surface area contributed by atoms with Gasteiger partial charge in [-0.15, -0.1) is 0 Å². The van der Waals surface area contributed by atoms with Crippen LogP contribution >= 0.6 is 0 Å². The van der Waals surface area contributed by atoms with Gasteiger partial charge in [0.2, 0.25) is 0 Å². The van der Waals surface area contributed by atoms with Crippen molar-refractivity contribution in [2.45, 2.75) is 31.3 Å². The second-order valence-corrected chi connectivity index (χ2v) is 3.02. The summed E-state index contributed by atoms with van der Waals surface area (Å²) in [4.78, 5) is 0. The zero-order chi connectivity index (χ0) is 7.68. The fraction of sp³-hybridized carbons (Fsp3) is 0.625. The summed E-state index contributed by atoms with van der Waals surface area (Å²) in [5.41, 5.74) is 0.884. The van der Waals surface area contributed by atoms with Crippen LogP contribution in [0.25, 0.3) is 0 Å². The molecule has 1 fully saturated rings. The van der Waals surface area contributed by atoms with Crippen LogP contribution in [0.15, 0.2) is 6.20 Å². The van der Waals surface area contributed by atoms with E-state index in [2.05, 4.69) is 16.3 Å². The van der Waals surface area contributed by atoms with Gasteiger partial charge in [-0.2, -0.15) is 5.10 Å². The molecule has 1 aliphatic rings. The van der Waals surface area contributed by atoms with Gasteiger partial charge >= 0.3 is 0 Å². The molecule has 2 N–H and O–H groups in total. The van der Waals surface area contributed by atoms with Crippen molar-refractivity contribution in [3.8, 4) is 0 Å². The Morgan fingerprint density at radius 1 is 1.64 bits per heavy atom. The Morgan fingerprint density at radius 3 is 3.09 bits per heavy atom. The van der Waals surface area contributed by atoms with Crippen LogP contribution in [-0.4, -0.2) is 21.4 Å². The molecule has 1 aromatic rings. The highest BCUT2D eigenvalue weighted by Crippen LogP contribution is 2.32. The molecule has 0 aliphatic heterocycles. The second kappa shape index (κ2) is 2.66. The van der Waals surface area contributed by atoms with Crippen LogP contribution in [0.5, 0.6) is 0 Å². The van der Waals surface area contributed by atoms with Crippen molar-refractivity contribution in [3.63, 3.8) is 0 Å². The molecule has 0 bridgehead atoms. The monoisotopic (exact) mass is 151 g/mol. The highest BCUT2D eigenvalue weighted by atomic mass is 16.3. The summed E-state index contributed by atoms with van der Waals surface area (Å²) in [5.74, 6) is 0.223. The molecule has 11 heavy (non-hydrogen) atoms. The summed E-state index contributed by atoms with van der Waals surface area (Å²) in [6.45, 7) is 0. The third kappa shape index (κ3) is 1.16. The summed E-state index contributed by atoms with van der Waals surface area (Å²) < 4.78 is 0. The summed E-state index contributed by atoms with van der Waals surface area (Å²) in [5, 5.41) is 16.2. The van der Waals surface area contributed by atoms with E-state index in [1.807, 2.05) is 0 Å². The average Bonchev–Trinajstić information content (AvgIpc) is 2.55. The molecule has 3 nitrogen and oxygen atoms in total. The molecule has 1 radical (unpaired) electrons. The fourth-order valence-electron chi connectivity index (χ4n) is 1.69. The highest BCUT2D eigenvalue weighted by Gasteiger charge is 2.27. The van der Waals surface area contributed by atoms with E-state index in [0.29, 0.717) is 0 Å². The third-order valence-electron chi connectivity index (χ3n) is 2.30. The molecule has 0 amide bonds. The third-order valence-corrected chi connectivity index (χ3v) is 2.30. The van der Waals surface area contributed by atoms with Crippen molar-refractivity contribution in [3.05, 3.63) is 18.0 Å². The molecule has 59 valence electrons. The van der Waals surface area contributed by atoms with E-state index < -0.39 is 0 Å². The summed E-state index contributed by atoms with van der Waals surface area (Å²) in [6.07, 6.45) is 4.54. The molecule has 3 heteroatoms. The van der Waals surface area contributed by atoms with Gasteiger partial charge in [0.25, 0.3) is 0 Å². The van der Waals surface area contributed by atoms with Gasteiger partial charge in [0, 0.05) is 18.2 Å². The first-order valence-corrected chi connectivity index (χ1v) is 3.97. The molecule has 0 spiro atoms. The molecule has 1 heterocycles. The van der Waals surface area contributed by atoms with Gasteiger partial charge < -0.3 is 5.11 Å². The van der Waals surface area contributed by atoms with E-state index in [0.717, 1.165) is 25.0 Å². The Morgan fingerprint density at radius 2 is 2.55 bits per heavy atom. The molecular formula is C8H11N2O. The summed E-state index contributed by atoms with van der Waals surface area (Å²) in [7, 11) is 0.